The van der Waals surface area contributed by atoms with Gasteiger partial charge in [0.2, 0.25) is 0 Å². The summed E-state index contributed by atoms with van der Waals surface area (Å²) in [5, 5.41) is 3.16. The van der Waals surface area contributed by atoms with E-state index in [9.17, 15) is 0 Å². The van der Waals surface area contributed by atoms with Crippen LogP contribution in [0, 0.1) is 0 Å². The number of nitrogens with one attached hydrogen (secondary N) is 1. The molecule has 5 nitrogen and oxygen atoms in total. The lowest BCUT2D eigenvalue weighted by Gasteiger charge is -2.23. The fourth-order valence-corrected chi connectivity index (χ4v) is 3.41. The fourth-order valence-electron chi connectivity index (χ4n) is 3.41. The van der Waals surface area contributed by atoms with Crippen molar-refractivity contribution in [3.8, 4) is 5.75 Å². The molecule has 0 spiro atoms. The van der Waals surface area contributed by atoms with Crippen LogP contribution in [0.15, 0.2) is 59.6 Å². The first-order chi connectivity index (χ1) is 13.1. The molecule has 3 rings (SSSR count). The van der Waals surface area contributed by atoms with Crippen LogP contribution in [0.25, 0.3) is 0 Å². The molecule has 1 atom stereocenters. The van der Waals surface area contributed by atoms with E-state index in [-0.39, 0.29) is 6.10 Å². The summed E-state index contributed by atoms with van der Waals surface area (Å²) < 4.78 is 5.65. The van der Waals surface area contributed by atoms with Crippen molar-refractivity contribution in [2.45, 2.75) is 45.4 Å². The topological polar surface area (TPSA) is 62.9 Å². The van der Waals surface area contributed by atoms with E-state index in [1.807, 2.05) is 38.1 Å². The summed E-state index contributed by atoms with van der Waals surface area (Å²) in [7, 11) is 0. The lowest BCUT2D eigenvalue weighted by molar-refractivity contribution is 0.242. The highest BCUT2D eigenvalue weighted by Gasteiger charge is 2.24. The van der Waals surface area contributed by atoms with Gasteiger partial charge in [0.25, 0.3) is 0 Å². The molecule has 1 saturated heterocycles. The number of benzene rings is 2. The average Bonchev–Trinajstić information content (AvgIpc) is 3.09. The highest BCUT2D eigenvalue weighted by atomic mass is 16.5. The van der Waals surface area contributed by atoms with E-state index >= 15 is 0 Å². The Morgan fingerprint density at radius 1 is 1.19 bits per heavy atom. The average molecular weight is 367 g/mol. The lowest BCUT2D eigenvalue weighted by atomic mass is 10.2. The van der Waals surface area contributed by atoms with E-state index in [1.165, 1.54) is 18.4 Å². The Hall–Kier alpha value is -2.53. The second kappa shape index (κ2) is 9.42. The molecule has 0 radical (unpaired) electrons. The monoisotopic (exact) mass is 366 g/mol. The van der Waals surface area contributed by atoms with Crippen molar-refractivity contribution in [2.75, 3.05) is 18.4 Å². The summed E-state index contributed by atoms with van der Waals surface area (Å²) in [5.41, 5.74) is 8.36. The molecule has 27 heavy (non-hydrogen) atoms. The zero-order valence-electron chi connectivity index (χ0n) is 16.3. The third kappa shape index (κ3) is 6.00. The third-order valence-electron chi connectivity index (χ3n) is 4.70. The predicted octanol–water partition coefficient (Wildman–Crippen LogP) is 3.87. The van der Waals surface area contributed by atoms with Crippen LogP contribution < -0.4 is 15.8 Å². The largest absolute Gasteiger partial charge is 0.491 e. The second-order valence-electron chi connectivity index (χ2n) is 7.29. The number of hydrogen-bond acceptors (Lipinski definition) is 3. The minimum Gasteiger partial charge on any atom is -0.491 e. The Kier molecular flexibility index (Phi) is 6.71. The minimum atomic E-state index is 0.167. The van der Waals surface area contributed by atoms with Crippen LogP contribution in [-0.4, -0.2) is 36.1 Å². The SMILES string of the molecule is CC(C)Oc1ccc(NC(N)=NCC2CCCN2Cc2ccccc2)cc1. The summed E-state index contributed by atoms with van der Waals surface area (Å²) in [6.45, 7) is 6.85. The van der Waals surface area contributed by atoms with Crippen LogP contribution in [0.5, 0.6) is 5.75 Å². The van der Waals surface area contributed by atoms with Crippen LogP contribution in [0.1, 0.15) is 32.3 Å². The molecule has 5 heteroatoms. The number of aliphatic imine (C=N–C) groups is 1. The maximum atomic E-state index is 6.09. The van der Waals surface area contributed by atoms with Crippen molar-refractivity contribution in [3.63, 3.8) is 0 Å². The van der Waals surface area contributed by atoms with Crippen LogP contribution in [0.2, 0.25) is 0 Å². The van der Waals surface area contributed by atoms with Gasteiger partial charge < -0.3 is 15.8 Å². The van der Waals surface area contributed by atoms with Crippen molar-refractivity contribution in [1.82, 2.24) is 4.90 Å². The molecule has 3 N–H and O–H groups in total. The molecular weight excluding hydrogens is 336 g/mol. The lowest BCUT2D eigenvalue weighted by Crippen LogP contribution is -2.33. The molecule has 1 fully saturated rings. The standard InChI is InChI=1S/C22H30N4O/c1-17(2)27-21-12-10-19(11-13-21)25-22(23)24-15-20-9-6-14-26(20)16-18-7-4-3-5-8-18/h3-5,7-8,10-13,17,20H,6,9,14-16H2,1-2H3,(H3,23,24,25). The molecule has 0 amide bonds. The van der Waals surface area contributed by atoms with Crippen molar-refractivity contribution in [3.05, 3.63) is 60.2 Å². The second-order valence-corrected chi connectivity index (χ2v) is 7.29. The molecule has 1 aliphatic rings. The van der Waals surface area contributed by atoms with Gasteiger partial charge in [-0.2, -0.15) is 0 Å². The van der Waals surface area contributed by atoms with Gasteiger partial charge in [0.15, 0.2) is 5.96 Å². The maximum Gasteiger partial charge on any atom is 0.193 e. The normalized spacial score (nSPS) is 18.0. The van der Waals surface area contributed by atoms with Gasteiger partial charge in [0.1, 0.15) is 5.75 Å². The first kappa shape index (κ1) is 19.2. The van der Waals surface area contributed by atoms with Crippen LogP contribution in [0.4, 0.5) is 5.69 Å². The molecule has 0 bridgehead atoms. The van der Waals surface area contributed by atoms with Gasteiger partial charge in [-0.05, 0) is 63.1 Å². The summed E-state index contributed by atoms with van der Waals surface area (Å²) in [5.74, 6) is 1.31. The molecule has 2 aromatic rings. The fraction of sp³-hybridized carbons (Fsp3) is 0.409. The predicted molar refractivity (Wildman–Crippen MR) is 112 cm³/mol. The number of rotatable bonds is 7. The maximum absolute atomic E-state index is 6.09. The summed E-state index contributed by atoms with van der Waals surface area (Å²) in [6, 6.07) is 18.9. The van der Waals surface area contributed by atoms with Crippen molar-refractivity contribution < 1.29 is 4.74 Å². The highest BCUT2D eigenvalue weighted by molar-refractivity contribution is 5.92. The number of nitrogens with two attached hydrogens (primary N) is 1. The molecule has 1 heterocycles. The zero-order chi connectivity index (χ0) is 19.1. The Morgan fingerprint density at radius 2 is 1.93 bits per heavy atom. The number of likely N-dealkylation sites (tertiary alicyclic amines) is 1. The van der Waals surface area contributed by atoms with E-state index in [1.54, 1.807) is 0 Å². The number of anilines is 1. The van der Waals surface area contributed by atoms with Crippen molar-refractivity contribution in [2.24, 2.45) is 10.7 Å². The first-order valence-electron chi connectivity index (χ1n) is 9.72. The molecule has 0 aromatic heterocycles. The van der Waals surface area contributed by atoms with Gasteiger partial charge >= 0.3 is 0 Å². The zero-order valence-corrected chi connectivity index (χ0v) is 16.3. The van der Waals surface area contributed by atoms with E-state index in [2.05, 4.69) is 45.5 Å². The molecule has 0 saturated carbocycles. The Labute approximate surface area is 162 Å². The Morgan fingerprint density at radius 3 is 2.63 bits per heavy atom. The molecule has 2 aromatic carbocycles. The highest BCUT2D eigenvalue weighted by Crippen LogP contribution is 2.20. The van der Waals surface area contributed by atoms with E-state index in [0.29, 0.717) is 12.0 Å². The Bertz CT molecular complexity index is 728. The summed E-state index contributed by atoms with van der Waals surface area (Å²) in [4.78, 5) is 7.08. The number of guanidine groups is 1. The number of hydrogen-bond donors (Lipinski definition) is 2. The van der Waals surface area contributed by atoms with Gasteiger partial charge in [-0.1, -0.05) is 30.3 Å². The van der Waals surface area contributed by atoms with Gasteiger partial charge in [-0.15, -0.1) is 0 Å². The van der Waals surface area contributed by atoms with E-state index in [4.69, 9.17) is 10.5 Å². The Balaban J connectivity index is 1.52. The van der Waals surface area contributed by atoms with Crippen LogP contribution >= 0.6 is 0 Å². The molecular formula is C22H30N4O. The van der Waals surface area contributed by atoms with Gasteiger partial charge in [-0.3, -0.25) is 9.89 Å². The minimum absolute atomic E-state index is 0.167. The van der Waals surface area contributed by atoms with Gasteiger partial charge in [-0.25, -0.2) is 0 Å². The van der Waals surface area contributed by atoms with Crippen molar-refractivity contribution in [1.29, 1.82) is 0 Å². The molecule has 144 valence electrons. The molecule has 0 aliphatic carbocycles. The van der Waals surface area contributed by atoms with E-state index in [0.717, 1.165) is 31.1 Å². The van der Waals surface area contributed by atoms with E-state index < -0.39 is 0 Å². The van der Waals surface area contributed by atoms with Crippen molar-refractivity contribution >= 4 is 11.6 Å². The third-order valence-corrected chi connectivity index (χ3v) is 4.70. The van der Waals surface area contributed by atoms with Crippen LogP contribution in [0.3, 0.4) is 0 Å². The number of nitrogens with zero attached hydrogens (tertiary/aromatic N) is 2. The summed E-state index contributed by atoms with van der Waals surface area (Å²) in [6.07, 6.45) is 2.56. The van der Waals surface area contributed by atoms with Gasteiger partial charge in [0.05, 0.1) is 12.6 Å². The number of ether oxygens (including phenoxy) is 1. The first-order valence-corrected chi connectivity index (χ1v) is 9.72. The molecule has 1 unspecified atom stereocenters. The quantitative estimate of drug-likeness (QED) is 0.577. The van der Waals surface area contributed by atoms with Crippen LogP contribution in [-0.2, 0) is 6.54 Å². The van der Waals surface area contributed by atoms with Gasteiger partial charge in [0, 0.05) is 18.3 Å². The molecule has 1 aliphatic heterocycles. The smallest absolute Gasteiger partial charge is 0.193 e. The summed E-state index contributed by atoms with van der Waals surface area (Å²) >= 11 is 0.